The molecule has 0 aliphatic carbocycles. The lowest BCUT2D eigenvalue weighted by Gasteiger charge is -2.07. The van der Waals surface area contributed by atoms with Gasteiger partial charge in [0.25, 0.3) is 0 Å². The average molecular weight is 243 g/mol. The number of ether oxygens (including phenoxy) is 1. The second-order valence-corrected chi connectivity index (χ2v) is 4.25. The minimum Gasteiger partial charge on any atom is -0.496 e. The summed E-state index contributed by atoms with van der Waals surface area (Å²) >= 11 is 0. The van der Waals surface area contributed by atoms with E-state index in [1.54, 1.807) is 13.3 Å². The van der Waals surface area contributed by atoms with Crippen molar-refractivity contribution in [2.24, 2.45) is 4.99 Å². The molecule has 0 radical (unpaired) electrons. The zero-order valence-electron chi connectivity index (χ0n) is 10.6. The Morgan fingerprint density at radius 2 is 1.94 bits per heavy atom. The smallest absolute Gasteiger partial charge is 0.128 e. The highest BCUT2D eigenvalue weighted by Gasteiger charge is 2.04. The lowest BCUT2D eigenvalue weighted by atomic mass is 10.1. The zero-order chi connectivity index (χ0) is 13.0. The molecule has 3 heteroatoms. The number of aliphatic hydroxyl groups excluding tert-OH is 1. The van der Waals surface area contributed by atoms with Gasteiger partial charge in [-0.3, -0.25) is 4.99 Å². The Balaban J connectivity index is 2.45. The van der Waals surface area contributed by atoms with Crippen LogP contribution < -0.4 is 4.74 Å². The van der Waals surface area contributed by atoms with Crippen LogP contribution in [0.5, 0.6) is 5.75 Å². The number of rotatable bonds is 4. The van der Waals surface area contributed by atoms with Crippen LogP contribution in [-0.2, 0) is 0 Å². The van der Waals surface area contributed by atoms with Crippen LogP contribution in [0.4, 0.5) is 0 Å². The quantitative estimate of drug-likeness (QED) is 0.839. The average Bonchev–Trinajstić information content (AvgIpc) is 2.43. The van der Waals surface area contributed by atoms with Gasteiger partial charge >= 0.3 is 0 Å². The fraction of sp³-hybridized carbons (Fsp3) is 0.267. The van der Waals surface area contributed by atoms with E-state index in [4.69, 9.17) is 9.84 Å². The molecule has 0 aliphatic heterocycles. The van der Waals surface area contributed by atoms with Crippen molar-refractivity contribution >= 4 is 17.0 Å². The van der Waals surface area contributed by atoms with Crippen LogP contribution in [-0.4, -0.2) is 31.1 Å². The molecule has 1 atom stereocenters. The summed E-state index contributed by atoms with van der Waals surface area (Å²) in [6, 6.07) is 12.1. The Kier molecular flexibility index (Phi) is 3.95. The molecule has 18 heavy (non-hydrogen) atoms. The summed E-state index contributed by atoms with van der Waals surface area (Å²) in [5, 5.41) is 11.3. The first-order chi connectivity index (χ1) is 8.74. The van der Waals surface area contributed by atoms with Gasteiger partial charge in [-0.05, 0) is 29.8 Å². The van der Waals surface area contributed by atoms with E-state index in [0.717, 1.165) is 22.1 Å². The molecule has 2 aromatic carbocycles. The molecule has 94 valence electrons. The van der Waals surface area contributed by atoms with Crippen LogP contribution >= 0.6 is 0 Å². The maximum absolute atomic E-state index is 8.97. The van der Waals surface area contributed by atoms with E-state index in [9.17, 15) is 0 Å². The third kappa shape index (κ3) is 2.68. The SMILES string of the molecule is COc1cc2ccccc2cc1C=N[C@@H](C)CO. The number of aliphatic hydroxyl groups is 1. The molecular weight excluding hydrogens is 226 g/mol. The molecule has 3 nitrogen and oxygen atoms in total. The number of hydrogen-bond acceptors (Lipinski definition) is 3. The molecule has 0 unspecified atom stereocenters. The molecule has 0 saturated heterocycles. The van der Waals surface area contributed by atoms with Crippen molar-refractivity contribution in [3.8, 4) is 5.75 Å². The topological polar surface area (TPSA) is 41.8 Å². The Labute approximate surface area is 107 Å². The highest BCUT2D eigenvalue weighted by Crippen LogP contribution is 2.24. The lowest BCUT2D eigenvalue weighted by molar-refractivity contribution is 0.275. The lowest BCUT2D eigenvalue weighted by Crippen LogP contribution is -2.04. The summed E-state index contributed by atoms with van der Waals surface area (Å²) in [6.45, 7) is 1.91. The van der Waals surface area contributed by atoms with Gasteiger partial charge in [-0.2, -0.15) is 0 Å². The van der Waals surface area contributed by atoms with Crippen molar-refractivity contribution in [2.45, 2.75) is 13.0 Å². The molecule has 0 spiro atoms. The molecule has 0 heterocycles. The number of aliphatic imine (C=N–C) groups is 1. The summed E-state index contributed by atoms with van der Waals surface area (Å²) in [5.74, 6) is 0.794. The van der Waals surface area contributed by atoms with Crippen LogP contribution in [0.25, 0.3) is 10.8 Å². The minimum atomic E-state index is -0.0961. The number of hydrogen-bond donors (Lipinski definition) is 1. The molecule has 0 fully saturated rings. The zero-order valence-corrected chi connectivity index (χ0v) is 10.6. The summed E-state index contributed by atoms with van der Waals surface area (Å²) in [5.41, 5.74) is 0.927. The molecule has 0 bridgehead atoms. The normalized spacial score (nSPS) is 13.1. The predicted octanol–water partition coefficient (Wildman–Crippen LogP) is 2.65. The van der Waals surface area contributed by atoms with Crippen LogP contribution in [0.2, 0.25) is 0 Å². The van der Waals surface area contributed by atoms with Crippen molar-refractivity contribution in [2.75, 3.05) is 13.7 Å². The van der Waals surface area contributed by atoms with Gasteiger partial charge in [-0.1, -0.05) is 24.3 Å². The first-order valence-corrected chi connectivity index (χ1v) is 5.95. The Morgan fingerprint density at radius 1 is 1.28 bits per heavy atom. The largest absolute Gasteiger partial charge is 0.496 e. The van der Waals surface area contributed by atoms with Crippen LogP contribution in [0.3, 0.4) is 0 Å². The molecule has 1 N–H and O–H groups in total. The van der Waals surface area contributed by atoms with Crippen LogP contribution in [0, 0.1) is 0 Å². The maximum Gasteiger partial charge on any atom is 0.128 e. The number of nitrogens with zero attached hydrogens (tertiary/aromatic N) is 1. The van der Waals surface area contributed by atoms with E-state index in [1.165, 1.54) is 0 Å². The van der Waals surface area contributed by atoms with Gasteiger partial charge in [0.15, 0.2) is 0 Å². The van der Waals surface area contributed by atoms with Crippen molar-refractivity contribution in [1.82, 2.24) is 0 Å². The van der Waals surface area contributed by atoms with Crippen LogP contribution in [0.1, 0.15) is 12.5 Å². The van der Waals surface area contributed by atoms with E-state index in [-0.39, 0.29) is 12.6 Å². The summed E-state index contributed by atoms with van der Waals surface area (Å²) in [6.07, 6.45) is 1.76. The minimum absolute atomic E-state index is 0.0480. The van der Waals surface area contributed by atoms with E-state index in [1.807, 2.05) is 31.2 Å². The van der Waals surface area contributed by atoms with Gasteiger partial charge in [0.1, 0.15) is 5.75 Å². The maximum atomic E-state index is 8.97. The van der Waals surface area contributed by atoms with Crippen molar-refractivity contribution in [3.63, 3.8) is 0 Å². The predicted molar refractivity (Wildman–Crippen MR) is 74.6 cm³/mol. The van der Waals surface area contributed by atoms with Crippen molar-refractivity contribution in [1.29, 1.82) is 0 Å². The molecule has 0 aliphatic rings. The second kappa shape index (κ2) is 5.65. The fourth-order valence-electron chi connectivity index (χ4n) is 1.77. The first kappa shape index (κ1) is 12.6. The summed E-state index contributed by atoms with van der Waals surface area (Å²) in [7, 11) is 1.65. The highest BCUT2D eigenvalue weighted by molar-refractivity contribution is 5.93. The fourth-order valence-corrected chi connectivity index (χ4v) is 1.77. The molecule has 0 saturated carbocycles. The van der Waals surface area contributed by atoms with E-state index < -0.39 is 0 Å². The van der Waals surface area contributed by atoms with Crippen LogP contribution in [0.15, 0.2) is 41.4 Å². The number of methoxy groups -OCH3 is 1. The third-order valence-electron chi connectivity index (χ3n) is 2.83. The first-order valence-electron chi connectivity index (χ1n) is 5.95. The molecular formula is C15H17NO2. The number of fused-ring (bicyclic) bond motifs is 1. The van der Waals surface area contributed by atoms with Gasteiger partial charge in [0.2, 0.25) is 0 Å². The summed E-state index contributed by atoms with van der Waals surface area (Å²) < 4.78 is 5.37. The molecule has 0 aromatic heterocycles. The molecule has 2 aromatic rings. The molecule has 2 rings (SSSR count). The highest BCUT2D eigenvalue weighted by atomic mass is 16.5. The number of benzene rings is 2. The Morgan fingerprint density at radius 3 is 2.56 bits per heavy atom. The Bertz CT molecular complexity index is 563. The van der Waals surface area contributed by atoms with E-state index in [2.05, 4.69) is 17.1 Å². The molecule has 0 amide bonds. The Hall–Kier alpha value is -1.87. The van der Waals surface area contributed by atoms with E-state index >= 15 is 0 Å². The van der Waals surface area contributed by atoms with Gasteiger partial charge < -0.3 is 9.84 Å². The monoisotopic (exact) mass is 243 g/mol. The van der Waals surface area contributed by atoms with Gasteiger partial charge in [-0.25, -0.2) is 0 Å². The van der Waals surface area contributed by atoms with Crippen molar-refractivity contribution < 1.29 is 9.84 Å². The van der Waals surface area contributed by atoms with Crippen molar-refractivity contribution in [3.05, 3.63) is 42.0 Å². The second-order valence-electron chi connectivity index (χ2n) is 4.25. The third-order valence-corrected chi connectivity index (χ3v) is 2.83. The van der Waals surface area contributed by atoms with Gasteiger partial charge in [0, 0.05) is 11.8 Å². The van der Waals surface area contributed by atoms with Gasteiger partial charge in [0.05, 0.1) is 19.8 Å². The van der Waals surface area contributed by atoms with Gasteiger partial charge in [-0.15, -0.1) is 0 Å². The summed E-state index contributed by atoms with van der Waals surface area (Å²) in [4.78, 5) is 4.27. The van der Waals surface area contributed by atoms with E-state index in [0.29, 0.717) is 0 Å². The standard InChI is InChI=1S/C15H17NO2/c1-11(10-17)16-9-14-7-12-5-3-4-6-13(12)8-15(14)18-2/h3-9,11,17H,10H2,1-2H3/t11-/m0/s1.